The number of rotatable bonds is 7. The van der Waals surface area contributed by atoms with E-state index in [9.17, 15) is 0 Å². The molecule has 0 N–H and O–H groups in total. The van der Waals surface area contributed by atoms with Crippen LogP contribution >= 0.6 is 23.4 Å². The molecular weight excluding hydrogens is 290 g/mol. The number of nitrogens with zero attached hydrogens (tertiary/aromatic N) is 1. The predicted octanol–water partition coefficient (Wildman–Crippen LogP) is 5.14. The van der Waals surface area contributed by atoms with Crippen molar-refractivity contribution in [3.63, 3.8) is 0 Å². The Labute approximate surface area is 131 Å². The lowest BCUT2D eigenvalue weighted by atomic mass is 9.96. The van der Waals surface area contributed by atoms with E-state index in [0.29, 0.717) is 5.92 Å². The lowest BCUT2D eigenvalue weighted by Gasteiger charge is -2.19. The van der Waals surface area contributed by atoms with E-state index in [1.54, 1.807) is 0 Å². The van der Waals surface area contributed by atoms with E-state index in [2.05, 4.69) is 19.2 Å². The highest BCUT2D eigenvalue weighted by molar-refractivity contribution is 8.03. The largest absolute Gasteiger partial charge is 0.493 e. The minimum Gasteiger partial charge on any atom is -0.493 e. The first-order valence-corrected chi connectivity index (χ1v) is 8.29. The maximum Gasteiger partial charge on any atom is 0.133 e. The summed E-state index contributed by atoms with van der Waals surface area (Å²) in [6, 6.07) is 2.03. The Morgan fingerprint density at radius 3 is 2.75 bits per heavy atom. The van der Waals surface area contributed by atoms with Gasteiger partial charge in [0.25, 0.3) is 0 Å². The summed E-state index contributed by atoms with van der Waals surface area (Å²) >= 11 is 7.67. The van der Waals surface area contributed by atoms with Crippen molar-refractivity contribution >= 4 is 23.4 Å². The van der Waals surface area contributed by atoms with Crippen molar-refractivity contribution in [1.82, 2.24) is 0 Å². The van der Waals surface area contributed by atoms with Gasteiger partial charge in [0, 0.05) is 10.8 Å². The van der Waals surface area contributed by atoms with Crippen LogP contribution in [-0.4, -0.2) is 12.4 Å². The summed E-state index contributed by atoms with van der Waals surface area (Å²) in [6.07, 6.45) is 1.87. The molecular formula is C16H22ClNOS. The van der Waals surface area contributed by atoms with E-state index in [-0.39, 0.29) is 0 Å². The highest BCUT2D eigenvalue weighted by atomic mass is 35.5. The van der Waals surface area contributed by atoms with Gasteiger partial charge < -0.3 is 4.74 Å². The van der Waals surface area contributed by atoms with Gasteiger partial charge in [-0.05, 0) is 67.1 Å². The molecule has 0 bridgehead atoms. The summed E-state index contributed by atoms with van der Waals surface area (Å²) < 4.78 is 5.88. The molecule has 1 aromatic rings. The zero-order chi connectivity index (χ0) is 15.1. The smallest absolute Gasteiger partial charge is 0.133 e. The number of nitriles is 1. The normalized spacial score (nSPS) is 12.0. The van der Waals surface area contributed by atoms with Crippen molar-refractivity contribution < 1.29 is 4.74 Å². The highest BCUT2D eigenvalue weighted by Crippen LogP contribution is 2.33. The summed E-state index contributed by atoms with van der Waals surface area (Å²) in [5.74, 6) is 2.19. The van der Waals surface area contributed by atoms with Gasteiger partial charge in [-0.15, -0.1) is 0 Å². The summed E-state index contributed by atoms with van der Waals surface area (Å²) in [6.45, 7) is 9.03. The van der Waals surface area contributed by atoms with Gasteiger partial charge in [0.1, 0.15) is 11.2 Å². The Morgan fingerprint density at radius 1 is 1.45 bits per heavy atom. The predicted molar refractivity (Wildman–Crippen MR) is 87.7 cm³/mol. The van der Waals surface area contributed by atoms with Crippen LogP contribution in [0.15, 0.2) is 6.07 Å². The van der Waals surface area contributed by atoms with Gasteiger partial charge in [-0.3, -0.25) is 0 Å². The second-order valence-electron chi connectivity index (χ2n) is 5.17. The number of ether oxygens (including phenoxy) is 1. The van der Waals surface area contributed by atoms with Crippen molar-refractivity contribution in [2.45, 2.75) is 40.5 Å². The van der Waals surface area contributed by atoms with Crippen molar-refractivity contribution in [3.05, 3.63) is 27.8 Å². The number of hydrogen-bond acceptors (Lipinski definition) is 3. The Hall–Kier alpha value is -0.850. The third kappa shape index (κ3) is 4.61. The van der Waals surface area contributed by atoms with Crippen LogP contribution in [0, 0.1) is 30.4 Å². The van der Waals surface area contributed by atoms with Crippen LogP contribution in [0.3, 0.4) is 0 Å². The van der Waals surface area contributed by atoms with Gasteiger partial charge in [-0.1, -0.05) is 25.4 Å². The van der Waals surface area contributed by atoms with Crippen LogP contribution in [0.25, 0.3) is 0 Å². The number of thiocyanates is 1. The molecule has 1 unspecified atom stereocenters. The van der Waals surface area contributed by atoms with Gasteiger partial charge in [-0.2, -0.15) is 5.26 Å². The molecule has 0 radical (unpaired) electrons. The molecule has 0 amide bonds. The molecule has 110 valence electrons. The SMILES string of the molecule is CCCOc1cc(C)c(Cl)c(C)c1CC(C)CSC#N. The first kappa shape index (κ1) is 17.2. The molecule has 0 aliphatic heterocycles. The monoisotopic (exact) mass is 311 g/mol. The van der Waals surface area contributed by atoms with E-state index in [1.165, 1.54) is 17.3 Å². The van der Waals surface area contributed by atoms with Crippen LogP contribution in [0.5, 0.6) is 5.75 Å². The first-order valence-electron chi connectivity index (χ1n) is 6.93. The van der Waals surface area contributed by atoms with Crippen molar-refractivity contribution in [2.75, 3.05) is 12.4 Å². The highest BCUT2D eigenvalue weighted by Gasteiger charge is 2.16. The fraction of sp³-hybridized carbons (Fsp3) is 0.562. The zero-order valence-corrected chi connectivity index (χ0v) is 14.2. The molecule has 4 heteroatoms. The topological polar surface area (TPSA) is 33.0 Å². The lowest BCUT2D eigenvalue weighted by Crippen LogP contribution is -2.08. The Morgan fingerprint density at radius 2 is 2.15 bits per heavy atom. The fourth-order valence-corrected chi connectivity index (χ4v) is 2.79. The van der Waals surface area contributed by atoms with Gasteiger partial charge in [0.15, 0.2) is 0 Å². The molecule has 0 spiro atoms. The molecule has 0 aliphatic rings. The number of halogens is 1. The summed E-state index contributed by atoms with van der Waals surface area (Å²) in [5.41, 5.74) is 3.34. The number of hydrogen-bond donors (Lipinski definition) is 0. The first-order chi connectivity index (χ1) is 9.51. The third-order valence-corrected chi connectivity index (χ3v) is 4.67. The lowest BCUT2D eigenvalue weighted by molar-refractivity contribution is 0.312. The number of thioether (sulfide) groups is 1. The molecule has 0 saturated heterocycles. The minimum atomic E-state index is 0.418. The molecule has 0 saturated carbocycles. The molecule has 2 nitrogen and oxygen atoms in total. The molecule has 0 fully saturated rings. The fourth-order valence-electron chi connectivity index (χ4n) is 2.14. The van der Waals surface area contributed by atoms with Gasteiger partial charge in [0.05, 0.1) is 6.61 Å². The summed E-state index contributed by atoms with van der Waals surface area (Å²) in [7, 11) is 0. The van der Waals surface area contributed by atoms with Crippen molar-refractivity contribution in [3.8, 4) is 11.2 Å². The molecule has 1 atom stereocenters. The minimum absolute atomic E-state index is 0.418. The standard InChI is InChI=1S/C16H22ClNOS/c1-5-6-19-15-8-12(3)16(17)13(4)14(15)7-11(2)9-20-10-18/h8,11H,5-7,9H2,1-4H3. The van der Waals surface area contributed by atoms with Crippen LogP contribution in [0.4, 0.5) is 0 Å². The quantitative estimate of drug-likeness (QED) is 0.654. The van der Waals surface area contributed by atoms with E-state index >= 15 is 0 Å². The number of aryl methyl sites for hydroxylation is 1. The van der Waals surface area contributed by atoms with Crippen LogP contribution < -0.4 is 4.74 Å². The van der Waals surface area contributed by atoms with Gasteiger partial charge >= 0.3 is 0 Å². The van der Waals surface area contributed by atoms with E-state index in [0.717, 1.165) is 47.1 Å². The maximum absolute atomic E-state index is 8.65. The number of benzene rings is 1. The van der Waals surface area contributed by atoms with E-state index in [1.807, 2.05) is 19.9 Å². The second-order valence-corrected chi connectivity index (χ2v) is 6.35. The van der Waals surface area contributed by atoms with Crippen LogP contribution in [-0.2, 0) is 6.42 Å². The average Bonchev–Trinajstić information content (AvgIpc) is 2.44. The summed E-state index contributed by atoms with van der Waals surface area (Å²) in [5, 5.41) is 11.6. The molecule has 1 rings (SSSR count). The second kappa shape index (κ2) is 8.44. The van der Waals surface area contributed by atoms with Crippen molar-refractivity contribution in [1.29, 1.82) is 5.26 Å². The third-order valence-electron chi connectivity index (χ3n) is 3.22. The van der Waals surface area contributed by atoms with Gasteiger partial charge in [0.2, 0.25) is 0 Å². The molecule has 0 heterocycles. The van der Waals surface area contributed by atoms with E-state index < -0.39 is 0 Å². The average molecular weight is 312 g/mol. The molecule has 0 aromatic heterocycles. The summed E-state index contributed by atoms with van der Waals surface area (Å²) in [4.78, 5) is 0. The molecule has 20 heavy (non-hydrogen) atoms. The molecule has 1 aromatic carbocycles. The zero-order valence-electron chi connectivity index (χ0n) is 12.6. The Balaban J connectivity index is 3.01. The van der Waals surface area contributed by atoms with Crippen molar-refractivity contribution in [2.24, 2.45) is 5.92 Å². The Bertz CT molecular complexity index is 496. The van der Waals surface area contributed by atoms with Gasteiger partial charge in [-0.25, -0.2) is 0 Å². The maximum atomic E-state index is 8.65. The van der Waals surface area contributed by atoms with Crippen LogP contribution in [0.2, 0.25) is 5.02 Å². The Kier molecular flexibility index (Phi) is 7.26. The van der Waals surface area contributed by atoms with E-state index in [4.69, 9.17) is 21.6 Å². The van der Waals surface area contributed by atoms with Crippen LogP contribution in [0.1, 0.15) is 37.0 Å². The molecule has 0 aliphatic carbocycles.